The van der Waals surface area contributed by atoms with Gasteiger partial charge in [-0.1, -0.05) is 17.7 Å². The first-order valence-electron chi connectivity index (χ1n) is 6.19. The molecule has 3 rings (SSSR count). The van der Waals surface area contributed by atoms with Gasteiger partial charge in [-0.05, 0) is 46.5 Å². The fourth-order valence-electron chi connectivity index (χ4n) is 1.64. The Hall–Kier alpha value is -1.45. The third-order valence-electron chi connectivity index (χ3n) is 2.59. The quantitative estimate of drug-likeness (QED) is 0.478. The SMILES string of the molecule is Clc1c(Nc2cnccn2)cccc1Sc1ncc(I)cn1. The lowest BCUT2D eigenvalue weighted by Crippen LogP contribution is -1.95. The normalized spacial score (nSPS) is 10.5. The minimum atomic E-state index is 0.598. The molecule has 0 saturated carbocycles. The molecule has 8 heteroatoms. The molecule has 1 aromatic carbocycles. The predicted molar refractivity (Wildman–Crippen MR) is 95.6 cm³/mol. The van der Waals surface area contributed by atoms with Crippen LogP contribution in [0.5, 0.6) is 0 Å². The molecule has 0 aliphatic heterocycles. The van der Waals surface area contributed by atoms with Crippen LogP contribution in [0.1, 0.15) is 0 Å². The molecule has 0 atom stereocenters. The molecule has 0 aliphatic rings. The van der Waals surface area contributed by atoms with Crippen molar-refractivity contribution in [3.63, 3.8) is 0 Å². The highest BCUT2D eigenvalue weighted by molar-refractivity contribution is 14.1. The molecule has 0 bridgehead atoms. The van der Waals surface area contributed by atoms with Crippen LogP contribution in [-0.2, 0) is 0 Å². The number of benzene rings is 1. The van der Waals surface area contributed by atoms with E-state index in [1.54, 1.807) is 31.0 Å². The smallest absolute Gasteiger partial charge is 0.192 e. The Balaban J connectivity index is 1.84. The van der Waals surface area contributed by atoms with Crippen LogP contribution < -0.4 is 5.32 Å². The number of nitrogens with zero attached hydrogens (tertiary/aromatic N) is 4. The van der Waals surface area contributed by atoms with Gasteiger partial charge in [0.1, 0.15) is 5.82 Å². The number of aromatic nitrogens is 4. The minimum absolute atomic E-state index is 0.598. The Bertz CT molecular complexity index is 770. The van der Waals surface area contributed by atoms with Crippen LogP contribution in [-0.4, -0.2) is 19.9 Å². The van der Waals surface area contributed by atoms with Crippen molar-refractivity contribution in [2.24, 2.45) is 0 Å². The molecule has 0 amide bonds. The van der Waals surface area contributed by atoms with E-state index in [-0.39, 0.29) is 0 Å². The van der Waals surface area contributed by atoms with Gasteiger partial charge < -0.3 is 5.32 Å². The van der Waals surface area contributed by atoms with Gasteiger partial charge in [0, 0.05) is 33.3 Å². The van der Waals surface area contributed by atoms with Gasteiger partial charge in [-0.25, -0.2) is 15.0 Å². The monoisotopic (exact) mass is 441 g/mol. The molecule has 1 N–H and O–H groups in total. The summed E-state index contributed by atoms with van der Waals surface area (Å²) in [4.78, 5) is 17.6. The van der Waals surface area contributed by atoms with Gasteiger partial charge in [0.05, 0.1) is 16.9 Å². The molecule has 0 saturated heterocycles. The van der Waals surface area contributed by atoms with Crippen LogP contribution in [0.15, 0.2) is 59.2 Å². The summed E-state index contributed by atoms with van der Waals surface area (Å²) in [6.45, 7) is 0. The van der Waals surface area contributed by atoms with Crippen LogP contribution >= 0.6 is 46.0 Å². The zero-order valence-electron chi connectivity index (χ0n) is 11.1. The topological polar surface area (TPSA) is 63.6 Å². The van der Waals surface area contributed by atoms with Crippen LogP contribution in [0.2, 0.25) is 5.02 Å². The van der Waals surface area contributed by atoms with Gasteiger partial charge in [-0.2, -0.15) is 0 Å². The van der Waals surface area contributed by atoms with Crippen molar-refractivity contribution in [1.29, 1.82) is 0 Å². The standard InChI is InChI=1S/C14H9ClIN5S/c15-13-10(21-12-8-17-4-5-18-12)2-1-3-11(13)22-14-19-6-9(16)7-20-14/h1-8H,(H,18,21). The molecule has 0 fully saturated rings. The molecule has 5 nitrogen and oxygen atoms in total. The second-order valence-electron chi connectivity index (χ2n) is 4.12. The van der Waals surface area contributed by atoms with Crippen molar-refractivity contribution in [2.75, 3.05) is 5.32 Å². The largest absolute Gasteiger partial charge is 0.338 e. The lowest BCUT2D eigenvalue weighted by Gasteiger charge is -2.10. The summed E-state index contributed by atoms with van der Waals surface area (Å²) < 4.78 is 0.992. The van der Waals surface area contributed by atoms with E-state index in [0.717, 1.165) is 14.2 Å². The number of halogens is 2. The molecule has 110 valence electrons. The molecule has 0 unspecified atom stereocenters. The number of rotatable bonds is 4. The first-order valence-corrected chi connectivity index (χ1v) is 8.46. The Morgan fingerprint density at radius 2 is 1.86 bits per heavy atom. The lowest BCUT2D eigenvalue weighted by atomic mass is 10.3. The molecule has 2 aromatic heterocycles. The molecule has 22 heavy (non-hydrogen) atoms. The van der Waals surface area contributed by atoms with Crippen LogP contribution in [0.3, 0.4) is 0 Å². The minimum Gasteiger partial charge on any atom is -0.338 e. The maximum absolute atomic E-state index is 6.45. The average molecular weight is 442 g/mol. The van der Waals surface area contributed by atoms with Crippen molar-refractivity contribution in [3.05, 3.63) is 57.8 Å². The molecule has 2 heterocycles. The Kier molecular flexibility index (Phi) is 5.06. The number of hydrogen-bond acceptors (Lipinski definition) is 6. The predicted octanol–water partition coefficient (Wildman–Crippen LogP) is 4.42. The Morgan fingerprint density at radius 1 is 1.05 bits per heavy atom. The Labute approximate surface area is 150 Å². The number of hydrogen-bond donors (Lipinski definition) is 1. The summed E-state index contributed by atoms with van der Waals surface area (Å²) in [5.41, 5.74) is 0.762. The van der Waals surface area contributed by atoms with Crippen molar-refractivity contribution in [2.45, 2.75) is 10.1 Å². The summed E-state index contributed by atoms with van der Waals surface area (Å²) in [6, 6.07) is 5.73. The van der Waals surface area contributed by atoms with E-state index in [0.29, 0.717) is 16.0 Å². The number of anilines is 2. The fraction of sp³-hybridized carbons (Fsp3) is 0. The third kappa shape index (κ3) is 3.84. The first-order chi connectivity index (χ1) is 10.7. The molecule has 0 spiro atoms. The lowest BCUT2D eigenvalue weighted by molar-refractivity contribution is 0.957. The maximum atomic E-state index is 6.45. The molecular weight excluding hydrogens is 433 g/mol. The molecular formula is C14H9ClIN5S. The Morgan fingerprint density at radius 3 is 2.59 bits per heavy atom. The van der Waals surface area contributed by atoms with Crippen LogP contribution in [0.25, 0.3) is 0 Å². The first kappa shape index (κ1) is 15.4. The van der Waals surface area contributed by atoms with Gasteiger partial charge in [0.25, 0.3) is 0 Å². The fourth-order valence-corrected chi connectivity index (χ4v) is 2.96. The van der Waals surface area contributed by atoms with E-state index < -0.39 is 0 Å². The molecule has 3 aromatic rings. The maximum Gasteiger partial charge on any atom is 0.192 e. The zero-order chi connectivity index (χ0) is 15.4. The van der Waals surface area contributed by atoms with E-state index in [1.165, 1.54) is 11.8 Å². The van der Waals surface area contributed by atoms with Gasteiger partial charge in [-0.15, -0.1) is 0 Å². The highest BCUT2D eigenvalue weighted by atomic mass is 127. The highest BCUT2D eigenvalue weighted by Gasteiger charge is 2.10. The summed E-state index contributed by atoms with van der Waals surface area (Å²) in [7, 11) is 0. The van der Waals surface area contributed by atoms with Crippen molar-refractivity contribution >= 4 is 57.5 Å². The highest BCUT2D eigenvalue weighted by Crippen LogP contribution is 2.36. The summed E-state index contributed by atoms with van der Waals surface area (Å²) >= 11 is 10.0. The third-order valence-corrected chi connectivity index (χ3v) is 4.62. The summed E-state index contributed by atoms with van der Waals surface area (Å²) in [5.74, 6) is 0.636. The van der Waals surface area contributed by atoms with Gasteiger partial charge in [0.2, 0.25) is 0 Å². The molecule has 0 radical (unpaired) electrons. The van der Waals surface area contributed by atoms with Crippen LogP contribution in [0, 0.1) is 3.57 Å². The average Bonchev–Trinajstić information content (AvgIpc) is 2.54. The van der Waals surface area contributed by atoms with Gasteiger partial charge in [0.15, 0.2) is 5.16 Å². The van der Waals surface area contributed by atoms with Gasteiger partial charge in [-0.3, -0.25) is 4.98 Å². The van der Waals surface area contributed by atoms with E-state index >= 15 is 0 Å². The van der Waals surface area contributed by atoms with Crippen molar-refractivity contribution in [1.82, 2.24) is 19.9 Å². The second kappa shape index (κ2) is 7.21. The van der Waals surface area contributed by atoms with E-state index in [4.69, 9.17) is 11.6 Å². The summed E-state index contributed by atoms with van der Waals surface area (Å²) in [6.07, 6.45) is 8.41. The van der Waals surface area contributed by atoms with Gasteiger partial charge >= 0.3 is 0 Å². The zero-order valence-corrected chi connectivity index (χ0v) is 14.8. The van der Waals surface area contributed by atoms with E-state index in [2.05, 4.69) is 47.8 Å². The second-order valence-corrected chi connectivity index (χ2v) is 6.75. The van der Waals surface area contributed by atoms with E-state index in [1.807, 2.05) is 18.2 Å². The molecule has 0 aliphatic carbocycles. The van der Waals surface area contributed by atoms with E-state index in [9.17, 15) is 0 Å². The van der Waals surface area contributed by atoms with Crippen LogP contribution in [0.4, 0.5) is 11.5 Å². The van der Waals surface area contributed by atoms with Crippen molar-refractivity contribution < 1.29 is 0 Å². The van der Waals surface area contributed by atoms with Crippen molar-refractivity contribution in [3.8, 4) is 0 Å². The number of nitrogens with one attached hydrogen (secondary N) is 1. The summed E-state index contributed by atoms with van der Waals surface area (Å²) in [5, 5.41) is 4.40.